The number of benzene rings is 1. The molecule has 0 unspecified atom stereocenters. The second-order valence-electron chi connectivity index (χ2n) is 6.38. The summed E-state index contributed by atoms with van der Waals surface area (Å²) >= 11 is 7.29. The number of carbonyl (C=O) groups is 1. The number of hydrogen-bond acceptors (Lipinski definition) is 7. The molecule has 0 aliphatic rings. The van der Waals surface area contributed by atoms with Crippen LogP contribution in [0.4, 0.5) is 0 Å². The lowest BCUT2D eigenvalue weighted by atomic mass is 10.2. The molecule has 1 amide bonds. The van der Waals surface area contributed by atoms with Crippen LogP contribution in [0.5, 0.6) is 0 Å². The first-order chi connectivity index (χ1) is 15.1. The van der Waals surface area contributed by atoms with Crippen molar-refractivity contribution in [3.63, 3.8) is 0 Å². The van der Waals surface area contributed by atoms with Crippen LogP contribution in [0, 0.1) is 6.92 Å². The van der Waals surface area contributed by atoms with Crippen molar-refractivity contribution in [1.82, 2.24) is 25.2 Å². The number of rotatable bonds is 7. The van der Waals surface area contributed by atoms with Crippen LogP contribution in [0.3, 0.4) is 0 Å². The Balaban J connectivity index is 1.51. The molecule has 0 saturated heterocycles. The molecule has 0 aliphatic heterocycles. The lowest BCUT2D eigenvalue weighted by molar-refractivity contribution is -0.118. The van der Waals surface area contributed by atoms with Gasteiger partial charge in [-0.1, -0.05) is 23.4 Å². The number of hydrazone groups is 1. The van der Waals surface area contributed by atoms with Gasteiger partial charge in [0.15, 0.2) is 11.0 Å². The fraction of sp³-hybridized carbons (Fsp3) is 0.0952. The van der Waals surface area contributed by atoms with Gasteiger partial charge in [-0.2, -0.15) is 5.10 Å². The Kier molecular flexibility index (Phi) is 6.44. The Morgan fingerprint density at radius 3 is 2.65 bits per heavy atom. The molecule has 4 rings (SSSR count). The van der Waals surface area contributed by atoms with Gasteiger partial charge in [0.2, 0.25) is 0 Å². The molecule has 10 heteroatoms. The Morgan fingerprint density at radius 2 is 1.94 bits per heavy atom. The summed E-state index contributed by atoms with van der Waals surface area (Å²) < 4.78 is 7.24. The van der Waals surface area contributed by atoms with Crippen molar-refractivity contribution in [2.75, 3.05) is 5.75 Å². The van der Waals surface area contributed by atoms with E-state index in [-0.39, 0.29) is 11.7 Å². The van der Waals surface area contributed by atoms with Gasteiger partial charge in [-0.25, -0.2) is 5.43 Å². The number of amides is 1. The molecule has 0 atom stereocenters. The van der Waals surface area contributed by atoms with Gasteiger partial charge in [-0.15, -0.1) is 10.2 Å². The minimum Gasteiger partial charge on any atom is -0.460 e. The molecule has 1 N–H and O–H groups in total. The predicted molar refractivity (Wildman–Crippen MR) is 120 cm³/mol. The van der Waals surface area contributed by atoms with Crippen LogP contribution in [0.15, 0.2) is 75.6 Å². The summed E-state index contributed by atoms with van der Waals surface area (Å²) in [6.45, 7) is 1.84. The number of halogens is 1. The molecule has 3 aromatic heterocycles. The van der Waals surface area contributed by atoms with Gasteiger partial charge in [0.25, 0.3) is 5.91 Å². The van der Waals surface area contributed by atoms with E-state index >= 15 is 0 Å². The third-order valence-corrected chi connectivity index (χ3v) is 5.31. The molecule has 0 aliphatic carbocycles. The summed E-state index contributed by atoms with van der Waals surface area (Å²) in [5.41, 5.74) is 4.17. The maximum atomic E-state index is 12.2. The molecule has 0 saturated carbocycles. The van der Waals surface area contributed by atoms with Crippen LogP contribution >= 0.6 is 23.4 Å². The first kappa shape index (κ1) is 20.8. The molecule has 8 nitrogen and oxygen atoms in total. The van der Waals surface area contributed by atoms with Crippen LogP contribution < -0.4 is 5.43 Å². The second-order valence-corrected chi connectivity index (χ2v) is 7.76. The van der Waals surface area contributed by atoms with Crippen LogP contribution in [0.25, 0.3) is 17.1 Å². The van der Waals surface area contributed by atoms with E-state index in [1.807, 2.05) is 41.8 Å². The molecule has 0 fully saturated rings. The monoisotopic (exact) mass is 452 g/mol. The molecule has 4 aromatic rings. The maximum Gasteiger partial charge on any atom is 0.250 e. The zero-order chi connectivity index (χ0) is 21.6. The number of hydrogen-bond donors (Lipinski definition) is 1. The highest BCUT2D eigenvalue weighted by Gasteiger charge is 2.17. The van der Waals surface area contributed by atoms with Gasteiger partial charge in [0, 0.05) is 28.7 Å². The van der Waals surface area contributed by atoms with E-state index in [1.54, 1.807) is 30.6 Å². The molecule has 156 valence electrons. The van der Waals surface area contributed by atoms with Crippen molar-refractivity contribution >= 4 is 35.5 Å². The van der Waals surface area contributed by atoms with Crippen LogP contribution in [0.2, 0.25) is 5.02 Å². The number of carbonyl (C=O) groups excluding carboxylic acids is 1. The Hall–Kier alpha value is -3.43. The second kappa shape index (κ2) is 9.59. The van der Waals surface area contributed by atoms with Crippen molar-refractivity contribution in [3.8, 4) is 17.1 Å². The topological polar surface area (TPSA) is 98.2 Å². The van der Waals surface area contributed by atoms with Crippen LogP contribution in [-0.2, 0) is 4.79 Å². The summed E-state index contributed by atoms with van der Waals surface area (Å²) in [7, 11) is 0. The number of thioether (sulfide) groups is 1. The third-order valence-electron chi connectivity index (χ3n) is 4.13. The van der Waals surface area contributed by atoms with E-state index in [4.69, 9.17) is 16.0 Å². The summed E-state index contributed by atoms with van der Waals surface area (Å²) in [5.74, 6) is 1.81. The lowest BCUT2D eigenvalue weighted by Crippen LogP contribution is -2.19. The quantitative estimate of drug-likeness (QED) is 0.257. The zero-order valence-electron chi connectivity index (χ0n) is 16.4. The van der Waals surface area contributed by atoms with Crippen LogP contribution in [0.1, 0.15) is 11.5 Å². The first-order valence-corrected chi connectivity index (χ1v) is 10.6. The van der Waals surface area contributed by atoms with Gasteiger partial charge < -0.3 is 4.42 Å². The van der Waals surface area contributed by atoms with E-state index in [9.17, 15) is 4.79 Å². The van der Waals surface area contributed by atoms with Crippen LogP contribution in [-0.4, -0.2) is 37.6 Å². The van der Waals surface area contributed by atoms with E-state index in [0.29, 0.717) is 21.8 Å². The molecule has 1 aromatic carbocycles. The van der Waals surface area contributed by atoms with Crippen molar-refractivity contribution in [3.05, 3.63) is 77.5 Å². The average Bonchev–Trinajstić information content (AvgIpc) is 3.39. The van der Waals surface area contributed by atoms with E-state index in [2.05, 4.69) is 25.7 Å². The Labute approximate surface area is 187 Å². The molecule has 0 bridgehead atoms. The Bertz CT molecular complexity index is 1200. The highest BCUT2D eigenvalue weighted by atomic mass is 35.5. The summed E-state index contributed by atoms with van der Waals surface area (Å²) in [5, 5.41) is 13.7. The van der Waals surface area contributed by atoms with E-state index in [1.165, 1.54) is 18.0 Å². The minimum absolute atomic E-state index is 0.108. The first-order valence-electron chi connectivity index (χ1n) is 9.23. The number of aryl methyl sites for hydroxylation is 1. The average molecular weight is 453 g/mol. The molecule has 31 heavy (non-hydrogen) atoms. The zero-order valence-corrected chi connectivity index (χ0v) is 18.0. The highest BCUT2D eigenvalue weighted by Crippen LogP contribution is 2.28. The van der Waals surface area contributed by atoms with E-state index < -0.39 is 0 Å². The maximum absolute atomic E-state index is 12.2. The molecular weight excluding hydrogens is 436 g/mol. The Morgan fingerprint density at radius 1 is 1.16 bits per heavy atom. The smallest absolute Gasteiger partial charge is 0.250 e. The van der Waals surface area contributed by atoms with Crippen molar-refractivity contribution in [1.29, 1.82) is 0 Å². The van der Waals surface area contributed by atoms with Gasteiger partial charge in [0.1, 0.15) is 11.5 Å². The van der Waals surface area contributed by atoms with Crippen molar-refractivity contribution < 1.29 is 9.21 Å². The third kappa shape index (κ3) is 5.19. The van der Waals surface area contributed by atoms with Crippen molar-refractivity contribution in [2.45, 2.75) is 12.1 Å². The summed E-state index contributed by atoms with van der Waals surface area (Å²) in [6.07, 6.45) is 4.83. The lowest BCUT2D eigenvalue weighted by Gasteiger charge is -2.10. The van der Waals surface area contributed by atoms with Gasteiger partial charge in [-0.3, -0.25) is 14.3 Å². The SMILES string of the molecule is Cc1ccc(/C=N\NC(=O)CSc2nnc(-c3ccncc3)n2-c2ccc(Cl)cc2)o1. The highest BCUT2D eigenvalue weighted by molar-refractivity contribution is 7.99. The number of nitrogens with one attached hydrogen (secondary N) is 1. The van der Waals surface area contributed by atoms with Crippen molar-refractivity contribution in [2.24, 2.45) is 5.10 Å². The predicted octanol–water partition coefficient (Wildman–Crippen LogP) is 4.13. The largest absolute Gasteiger partial charge is 0.460 e. The molecule has 0 radical (unpaired) electrons. The summed E-state index contributed by atoms with van der Waals surface area (Å²) in [4.78, 5) is 16.3. The molecular formula is C21H17ClN6O2S. The standard InChI is InChI=1S/C21H17ClN6O2S/c1-14-2-7-18(30-14)12-24-25-19(29)13-31-21-27-26-20(15-8-10-23-11-9-15)28(21)17-5-3-16(22)4-6-17/h2-12H,13H2,1H3,(H,25,29)/b24-12-. The van der Waals surface area contributed by atoms with Gasteiger partial charge >= 0.3 is 0 Å². The summed E-state index contributed by atoms with van der Waals surface area (Å²) in [6, 6.07) is 14.6. The molecule has 0 spiro atoms. The van der Waals surface area contributed by atoms with Gasteiger partial charge in [0.05, 0.1) is 12.0 Å². The number of aromatic nitrogens is 4. The fourth-order valence-corrected chi connectivity index (χ4v) is 3.60. The number of furan rings is 1. The fourth-order valence-electron chi connectivity index (χ4n) is 2.73. The van der Waals surface area contributed by atoms with E-state index in [0.717, 1.165) is 17.0 Å². The minimum atomic E-state index is -0.277. The molecule has 3 heterocycles. The normalized spacial score (nSPS) is 11.2. The van der Waals surface area contributed by atoms with Gasteiger partial charge in [-0.05, 0) is 55.5 Å². The number of pyridine rings is 1. The number of nitrogens with zero attached hydrogens (tertiary/aromatic N) is 5.